The van der Waals surface area contributed by atoms with Gasteiger partial charge in [-0.15, -0.1) is 10.2 Å². The molecule has 0 fully saturated rings. The highest BCUT2D eigenvalue weighted by Crippen LogP contribution is 2.22. The zero-order chi connectivity index (χ0) is 22.2. The first-order valence-electron chi connectivity index (χ1n) is 9.75. The molecule has 1 N–H and O–H groups in total. The SMILES string of the molecule is CCOC(=O)COc1cccc(NC(=O)CSc2nncn2-c2ccc(C)c(C)c2)c1. The summed E-state index contributed by atoms with van der Waals surface area (Å²) in [5.41, 5.74) is 3.90. The highest BCUT2D eigenvalue weighted by molar-refractivity contribution is 7.99. The van der Waals surface area contributed by atoms with Crippen molar-refractivity contribution in [2.24, 2.45) is 0 Å². The summed E-state index contributed by atoms with van der Waals surface area (Å²) in [6.07, 6.45) is 1.63. The van der Waals surface area contributed by atoms with Crippen LogP contribution >= 0.6 is 11.8 Å². The maximum atomic E-state index is 12.4. The number of anilines is 1. The molecule has 0 atom stereocenters. The lowest BCUT2D eigenvalue weighted by molar-refractivity contribution is -0.145. The lowest BCUT2D eigenvalue weighted by Crippen LogP contribution is -2.16. The number of aromatic nitrogens is 3. The van der Waals surface area contributed by atoms with Crippen LogP contribution in [0.5, 0.6) is 5.75 Å². The predicted octanol–water partition coefficient (Wildman–Crippen LogP) is 3.56. The second kappa shape index (κ2) is 10.6. The van der Waals surface area contributed by atoms with E-state index in [1.807, 2.05) is 23.6 Å². The van der Waals surface area contributed by atoms with Crippen molar-refractivity contribution in [3.8, 4) is 11.4 Å². The van der Waals surface area contributed by atoms with Crippen LogP contribution < -0.4 is 10.1 Å². The molecule has 3 rings (SSSR count). The summed E-state index contributed by atoms with van der Waals surface area (Å²) in [4.78, 5) is 23.8. The van der Waals surface area contributed by atoms with E-state index in [4.69, 9.17) is 9.47 Å². The topological polar surface area (TPSA) is 95.3 Å². The summed E-state index contributed by atoms with van der Waals surface area (Å²) >= 11 is 1.29. The van der Waals surface area contributed by atoms with Gasteiger partial charge < -0.3 is 14.8 Å². The first-order chi connectivity index (χ1) is 15.0. The zero-order valence-electron chi connectivity index (χ0n) is 17.6. The van der Waals surface area contributed by atoms with Crippen LogP contribution in [0.3, 0.4) is 0 Å². The van der Waals surface area contributed by atoms with Crippen LogP contribution in [0, 0.1) is 13.8 Å². The van der Waals surface area contributed by atoms with Gasteiger partial charge in [0.25, 0.3) is 0 Å². The van der Waals surface area contributed by atoms with Gasteiger partial charge in [0.1, 0.15) is 12.1 Å². The number of carbonyl (C=O) groups is 2. The fourth-order valence-electron chi connectivity index (χ4n) is 2.71. The normalized spacial score (nSPS) is 10.5. The van der Waals surface area contributed by atoms with Gasteiger partial charge in [-0.1, -0.05) is 23.9 Å². The Morgan fingerprint density at radius 3 is 2.74 bits per heavy atom. The third-order valence-corrected chi connectivity index (χ3v) is 5.34. The number of hydrogen-bond acceptors (Lipinski definition) is 7. The quantitative estimate of drug-likeness (QED) is 0.401. The summed E-state index contributed by atoms with van der Waals surface area (Å²) in [5.74, 6) is -0.00587. The molecule has 31 heavy (non-hydrogen) atoms. The Kier molecular flexibility index (Phi) is 7.66. The maximum absolute atomic E-state index is 12.4. The van der Waals surface area contributed by atoms with Crippen molar-refractivity contribution >= 4 is 29.3 Å². The highest BCUT2D eigenvalue weighted by Gasteiger charge is 2.12. The molecular weight excluding hydrogens is 416 g/mol. The molecule has 3 aromatic rings. The van der Waals surface area contributed by atoms with E-state index < -0.39 is 5.97 Å². The smallest absolute Gasteiger partial charge is 0.344 e. The molecule has 1 heterocycles. The van der Waals surface area contributed by atoms with Crippen molar-refractivity contribution in [1.82, 2.24) is 14.8 Å². The summed E-state index contributed by atoms with van der Waals surface area (Å²) < 4.78 is 12.1. The van der Waals surface area contributed by atoms with Crippen LogP contribution in [0.15, 0.2) is 53.9 Å². The number of aryl methyl sites for hydroxylation is 2. The number of nitrogens with one attached hydrogen (secondary N) is 1. The number of amides is 1. The first-order valence-corrected chi connectivity index (χ1v) is 10.7. The van der Waals surface area contributed by atoms with Gasteiger partial charge in [-0.05, 0) is 56.2 Å². The largest absolute Gasteiger partial charge is 0.482 e. The summed E-state index contributed by atoms with van der Waals surface area (Å²) in [7, 11) is 0. The number of rotatable bonds is 9. The Hall–Kier alpha value is -3.33. The van der Waals surface area contributed by atoms with Gasteiger partial charge in [-0.2, -0.15) is 0 Å². The summed E-state index contributed by atoms with van der Waals surface area (Å²) in [6.45, 7) is 5.95. The molecule has 0 aliphatic carbocycles. The Balaban J connectivity index is 1.57. The molecule has 0 aliphatic rings. The molecule has 1 amide bonds. The average Bonchev–Trinajstić information content (AvgIpc) is 3.22. The van der Waals surface area contributed by atoms with E-state index in [0.717, 1.165) is 5.69 Å². The van der Waals surface area contributed by atoms with Gasteiger partial charge in [-0.3, -0.25) is 9.36 Å². The predicted molar refractivity (Wildman–Crippen MR) is 119 cm³/mol. The molecule has 0 saturated heterocycles. The lowest BCUT2D eigenvalue weighted by Gasteiger charge is -2.10. The van der Waals surface area contributed by atoms with Gasteiger partial charge in [0.15, 0.2) is 11.8 Å². The number of carbonyl (C=O) groups excluding carboxylic acids is 2. The van der Waals surface area contributed by atoms with Crippen LogP contribution in [0.25, 0.3) is 5.69 Å². The minimum absolute atomic E-state index is 0.164. The average molecular weight is 441 g/mol. The van der Waals surface area contributed by atoms with Crippen molar-refractivity contribution in [1.29, 1.82) is 0 Å². The number of nitrogens with zero attached hydrogens (tertiary/aromatic N) is 3. The molecule has 0 bridgehead atoms. The van der Waals surface area contributed by atoms with Crippen LogP contribution in [0.1, 0.15) is 18.1 Å². The van der Waals surface area contributed by atoms with Crippen LogP contribution in [-0.2, 0) is 14.3 Å². The van der Waals surface area contributed by atoms with Gasteiger partial charge in [0, 0.05) is 17.4 Å². The number of thioether (sulfide) groups is 1. The van der Waals surface area contributed by atoms with Crippen LogP contribution in [0.4, 0.5) is 5.69 Å². The molecule has 0 radical (unpaired) electrons. The fraction of sp³-hybridized carbons (Fsp3) is 0.273. The van der Waals surface area contributed by atoms with E-state index in [-0.39, 0.29) is 18.3 Å². The standard InChI is InChI=1S/C22H24N4O4S/c1-4-29-21(28)12-30-19-7-5-6-17(11-19)24-20(27)13-31-22-25-23-14-26(22)18-9-8-15(2)16(3)10-18/h5-11,14H,4,12-13H2,1-3H3,(H,24,27). The van der Waals surface area contributed by atoms with Crippen LogP contribution in [0.2, 0.25) is 0 Å². The Morgan fingerprint density at radius 1 is 1.13 bits per heavy atom. The van der Waals surface area contributed by atoms with Crippen molar-refractivity contribution in [3.05, 3.63) is 59.9 Å². The van der Waals surface area contributed by atoms with Crippen LogP contribution in [-0.4, -0.2) is 45.6 Å². The maximum Gasteiger partial charge on any atom is 0.344 e. The minimum Gasteiger partial charge on any atom is -0.482 e. The Labute approximate surface area is 185 Å². The number of esters is 1. The summed E-state index contributed by atoms with van der Waals surface area (Å²) in [6, 6.07) is 12.9. The van der Waals surface area contributed by atoms with Crippen molar-refractivity contribution in [3.63, 3.8) is 0 Å². The third kappa shape index (κ3) is 6.32. The Morgan fingerprint density at radius 2 is 1.97 bits per heavy atom. The molecule has 162 valence electrons. The van der Waals surface area contributed by atoms with E-state index in [2.05, 4.69) is 28.5 Å². The van der Waals surface area contributed by atoms with Gasteiger partial charge in [-0.25, -0.2) is 4.79 Å². The zero-order valence-corrected chi connectivity index (χ0v) is 18.4. The molecule has 0 aliphatic heterocycles. The molecule has 0 saturated carbocycles. The van der Waals surface area contributed by atoms with E-state index in [9.17, 15) is 9.59 Å². The number of benzene rings is 2. The molecule has 8 nitrogen and oxygen atoms in total. The van der Waals surface area contributed by atoms with E-state index in [1.54, 1.807) is 37.5 Å². The lowest BCUT2D eigenvalue weighted by atomic mass is 10.1. The monoisotopic (exact) mass is 440 g/mol. The summed E-state index contributed by atoms with van der Waals surface area (Å²) in [5, 5.41) is 11.6. The Bertz CT molecular complexity index is 1070. The second-order valence-corrected chi connectivity index (χ2v) is 7.65. The van der Waals surface area contributed by atoms with Gasteiger partial charge in [0.2, 0.25) is 5.91 Å². The third-order valence-electron chi connectivity index (χ3n) is 4.40. The molecule has 0 spiro atoms. The van der Waals surface area contributed by atoms with Crippen molar-refractivity contribution < 1.29 is 19.1 Å². The highest BCUT2D eigenvalue weighted by atomic mass is 32.2. The molecule has 0 unspecified atom stereocenters. The van der Waals surface area contributed by atoms with Crippen molar-refractivity contribution in [2.75, 3.05) is 24.3 Å². The molecule has 9 heteroatoms. The van der Waals surface area contributed by atoms with Gasteiger partial charge in [0.05, 0.1) is 12.4 Å². The molecule has 2 aromatic carbocycles. The van der Waals surface area contributed by atoms with Crippen molar-refractivity contribution in [2.45, 2.75) is 25.9 Å². The molecule has 1 aromatic heterocycles. The van der Waals surface area contributed by atoms with E-state index >= 15 is 0 Å². The number of hydrogen-bond donors (Lipinski definition) is 1. The molecular formula is C22H24N4O4S. The first kappa shape index (κ1) is 22.4. The van der Waals surface area contributed by atoms with E-state index in [0.29, 0.717) is 23.2 Å². The number of ether oxygens (including phenoxy) is 2. The fourth-order valence-corrected chi connectivity index (χ4v) is 3.44. The van der Waals surface area contributed by atoms with Gasteiger partial charge >= 0.3 is 5.97 Å². The minimum atomic E-state index is -0.443. The van der Waals surface area contributed by atoms with E-state index in [1.165, 1.54) is 22.9 Å². The second-order valence-electron chi connectivity index (χ2n) is 6.71.